The monoisotopic (exact) mass is 451 g/mol. The molecule has 8 heteroatoms. The van der Waals surface area contributed by atoms with Gasteiger partial charge >= 0.3 is 0 Å². The number of carbonyl (C=O) groups is 2. The van der Waals surface area contributed by atoms with Crippen molar-refractivity contribution in [3.63, 3.8) is 0 Å². The van der Waals surface area contributed by atoms with E-state index in [1.807, 2.05) is 66.1 Å². The van der Waals surface area contributed by atoms with Crippen LogP contribution in [-0.2, 0) is 29.1 Å². The Hall–Kier alpha value is -3.13. The van der Waals surface area contributed by atoms with Crippen molar-refractivity contribution in [2.45, 2.75) is 51.4 Å². The van der Waals surface area contributed by atoms with Crippen LogP contribution >= 0.6 is 11.8 Å². The highest BCUT2D eigenvalue weighted by molar-refractivity contribution is 7.99. The number of hydrogen-bond acceptors (Lipinski definition) is 5. The normalized spacial score (nSPS) is 10.9. The predicted molar refractivity (Wildman–Crippen MR) is 128 cm³/mol. The van der Waals surface area contributed by atoms with Crippen molar-refractivity contribution in [2.75, 3.05) is 11.1 Å². The highest BCUT2D eigenvalue weighted by atomic mass is 32.2. The number of nitrogens with one attached hydrogen (secondary N) is 2. The van der Waals surface area contributed by atoms with Gasteiger partial charge in [0.1, 0.15) is 0 Å². The average molecular weight is 452 g/mol. The summed E-state index contributed by atoms with van der Waals surface area (Å²) in [5, 5.41) is 15.0. The van der Waals surface area contributed by atoms with E-state index < -0.39 is 0 Å². The Kier molecular flexibility index (Phi) is 8.44. The van der Waals surface area contributed by atoms with Crippen LogP contribution in [0.5, 0.6) is 0 Å². The first-order valence-electron chi connectivity index (χ1n) is 10.7. The first-order chi connectivity index (χ1) is 15.5. The average Bonchev–Trinajstić information content (AvgIpc) is 3.19. The largest absolute Gasteiger partial charge is 0.349 e. The van der Waals surface area contributed by atoms with E-state index in [4.69, 9.17) is 0 Å². The van der Waals surface area contributed by atoms with Crippen LogP contribution < -0.4 is 10.6 Å². The molecular formula is C24H29N5O2S. The topological polar surface area (TPSA) is 88.9 Å². The lowest BCUT2D eigenvalue weighted by Gasteiger charge is -2.13. The van der Waals surface area contributed by atoms with Crippen LogP contribution in [0.3, 0.4) is 0 Å². The second-order valence-corrected chi connectivity index (χ2v) is 8.60. The Labute approximate surface area is 193 Å². The third kappa shape index (κ3) is 6.43. The third-order valence-electron chi connectivity index (χ3n) is 4.95. The van der Waals surface area contributed by atoms with Crippen molar-refractivity contribution in [1.82, 2.24) is 20.1 Å². The molecule has 0 spiro atoms. The van der Waals surface area contributed by atoms with Crippen LogP contribution in [0.4, 0.5) is 5.69 Å². The molecule has 0 bridgehead atoms. The lowest BCUT2D eigenvalue weighted by molar-refractivity contribution is -0.120. The van der Waals surface area contributed by atoms with Gasteiger partial charge < -0.3 is 15.2 Å². The van der Waals surface area contributed by atoms with Gasteiger partial charge in [-0.1, -0.05) is 74.1 Å². The second-order valence-electron chi connectivity index (χ2n) is 7.66. The maximum absolute atomic E-state index is 12.5. The van der Waals surface area contributed by atoms with Crippen molar-refractivity contribution >= 4 is 29.3 Å². The predicted octanol–water partition coefficient (Wildman–Crippen LogP) is 4.01. The summed E-state index contributed by atoms with van der Waals surface area (Å²) in [7, 11) is 0. The van der Waals surface area contributed by atoms with Crippen molar-refractivity contribution in [1.29, 1.82) is 0 Å². The van der Waals surface area contributed by atoms with E-state index in [0.717, 1.165) is 16.8 Å². The Morgan fingerprint density at radius 2 is 1.72 bits per heavy atom. The number of hydrogen-bond donors (Lipinski definition) is 2. The molecule has 0 fully saturated rings. The summed E-state index contributed by atoms with van der Waals surface area (Å²) in [6, 6.07) is 17.4. The zero-order chi connectivity index (χ0) is 22.9. The molecule has 0 aliphatic carbocycles. The van der Waals surface area contributed by atoms with Gasteiger partial charge in [0.15, 0.2) is 11.0 Å². The number of nitrogens with zero attached hydrogens (tertiary/aromatic N) is 3. The van der Waals surface area contributed by atoms with E-state index in [-0.39, 0.29) is 17.6 Å². The zero-order valence-corrected chi connectivity index (χ0v) is 19.5. The maximum atomic E-state index is 12.5. The number of amides is 2. The molecule has 2 amide bonds. The molecule has 0 saturated carbocycles. The molecule has 168 valence electrons. The highest BCUT2D eigenvalue weighted by Crippen LogP contribution is 2.24. The molecule has 0 unspecified atom stereocenters. The first-order valence-corrected chi connectivity index (χ1v) is 11.7. The quantitative estimate of drug-likeness (QED) is 0.455. The number of anilines is 1. The number of aromatic nitrogens is 3. The van der Waals surface area contributed by atoms with Gasteiger partial charge in [0.05, 0.1) is 18.7 Å². The highest BCUT2D eigenvalue weighted by Gasteiger charge is 2.15. The van der Waals surface area contributed by atoms with E-state index >= 15 is 0 Å². The fourth-order valence-electron chi connectivity index (χ4n) is 3.33. The standard InChI is InChI=1S/C24H29N5O2S/c1-4-29-21(15-25-22(30)14-18-10-6-5-7-11-18)27-28-24(29)32-16-23(31)26-20-13-9-8-12-19(20)17(2)3/h5-13,17H,4,14-16H2,1-3H3,(H,25,30)(H,26,31). The van der Waals surface area contributed by atoms with Gasteiger partial charge in [-0.05, 0) is 30.0 Å². The SMILES string of the molecule is CCn1c(CNC(=O)Cc2ccccc2)nnc1SCC(=O)Nc1ccccc1C(C)C. The summed E-state index contributed by atoms with van der Waals surface area (Å²) >= 11 is 1.34. The van der Waals surface area contributed by atoms with Crippen molar-refractivity contribution < 1.29 is 9.59 Å². The fraction of sp³-hybridized carbons (Fsp3) is 0.333. The van der Waals surface area contributed by atoms with Gasteiger partial charge in [0.2, 0.25) is 11.8 Å². The van der Waals surface area contributed by atoms with Crippen molar-refractivity contribution in [3.05, 3.63) is 71.5 Å². The number of rotatable bonds is 10. The lowest BCUT2D eigenvalue weighted by atomic mass is 10.0. The number of para-hydroxylation sites is 1. The molecule has 0 aliphatic heterocycles. The van der Waals surface area contributed by atoms with E-state index in [0.29, 0.717) is 36.4 Å². The first kappa shape index (κ1) is 23.5. The fourth-order valence-corrected chi connectivity index (χ4v) is 4.15. The molecule has 0 radical (unpaired) electrons. The van der Waals surface area contributed by atoms with E-state index in [1.165, 1.54) is 11.8 Å². The molecular weight excluding hydrogens is 422 g/mol. The smallest absolute Gasteiger partial charge is 0.234 e. The Morgan fingerprint density at radius 3 is 2.44 bits per heavy atom. The molecule has 1 heterocycles. The van der Waals surface area contributed by atoms with E-state index in [9.17, 15) is 9.59 Å². The van der Waals surface area contributed by atoms with E-state index in [1.54, 1.807) is 0 Å². The number of benzene rings is 2. The summed E-state index contributed by atoms with van der Waals surface area (Å²) in [6.07, 6.45) is 0.320. The van der Waals surface area contributed by atoms with Crippen molar-refractivity contribution in [3.8, 4) is 0 Å². The molecule has 1 aromatic heterocycles. The van der Waals surface area contributed by atoms with Gasteiger partial charge in [-0.15, -0.1) is 10.2 Å². The molecule has 3 rings (SSSR count). The molecule has 0 saturated heterocycles. The lowest BCUT2D eigenvalue weighted by Crippen LogP contribution is -2.26. The minimum Gasteiger partial charge on any atom is -0.349 e. The molecule has 2 N–H and O–H groups in total. The van der Waals surface area contributed by atoms with Gasteiger partial charge in [0, 0.05) is 12.2 Å². The van der Waals surface area contributed by atoms with Gasteiger partial charge in [-0.25, -0.2) is 0 Å². The molecule has 7 nitrogen and oxygen atoms in total. The summed E-state index contributed by atoms with van der Waals surface area (Å²) in [4.78, 5) is 24.7. The number of carbonyl (C=O) groups excluding carboxylic acids is 2. The minimum atomic E-state index is -0.0912. The van der Waals surface area contributed by atoms with Gasteiger partial charge in [0.25, 0.3) is 0 Å². The molecule has 0 aliphatic rings. The Morgan fingerprint density at radius 1 is 1.00 bits per heavy atom. The Balaban J connectivity index is 1.54. The third-order valence-corrected chi connectivity index (χ3v) is 5.92. The van der Waals surface area contributed by atoms with Crippen LogP contribution in [0, 0.1) is 0 Å². The van der Waals surface area contributed by atoms with Gasteiger partial charge in [-0.3, -0.25) is 9.59 Å². The zero-order valence-electron chi connectivity index (χ0n) is 18.7. The summed E-state index contributed by atoms with van der Waals surface area (Å²) in [5.41, 5.74) is 2.91. The van der Waals surface area contributed by atoms with Crippen molar-refractivity contribution in [2.24, 2.45) is 0 Å². The van der Waals surface area contributed by atoms with Crippen LogP contribution in [0.25, 0.3) is 0 Å². The van der Waals surface area contributed by atoms with E-state index in [2.05, 4.69) is 34.7 Å². The van der Waals surface area contributed by atoms with Crippen LogP contribution in [-0.4, -0.2) is 32.3 Å². The van der Waals surface area contributed by atoms with Gasteiger partial charge in [-0.2, -0.15) is 0 Å². The summed E-state index contributed by atoms with van der Waals surface area (Å²) < 4.78 is 1.92. The molecule has 2 aromatic carbocycles. The number of thioether (sulfide) groups is 1. The summed E-state index contributed by atoms with van der Waals surface area (Å²) in [5.74, 6) is 1.06. The van der Waals surface area contributed by atoms with Crippen LogP contribution in [0.2, 0.25) is 0 Å². The molecule has 3 aromatic rings. The maximum Gasteiger partial charge on any atom is 0.234 e. The Bertz CT molecular complexity index is 1050. The second kappa shape index (κ2) is 11.5. The molecule has 32 heavy (non-hydrogen) atoms. The summed E-state index contributed by atoms with van der Waals surface area (Å²) in [6.45, 7) is 7.13. The molecule has 0 atom stereocenters. The van der Waals surface area contributed by atoms with Crippen LogP contribution in [0.1, 0.15) is 43.6 Å². The minimum absolute atomic E-state index is 0.0701. The van der Waals surface area contributed by atoms with Crippen LogP contribution in [0.15, 0.2) is 59.8 Å².